The summed E-state index contributed by atoms with van der Waals surface area (Å²) in [4.78, 5) is 21.5. The van der Waals surface area contributed by atoms with Crippen LogP contribution in [-0.2, 0) is 30.6 Å². The van der Waals surface area contributed by atoms with Gasteiger partial charge in [0.25, 0.3) is 5.56 Å². The van der Waals surface area contributed by atoms with Gasteiger partial charge < -0.3 is 19.7 Å². The number of halogens is 5. The molecule has 2 N–H and O–H groups in total. The number of nitrogens with one attached hydrogen (secondary N) is 2. The molecule has 16 heteroatoms. The predicted molar refractivity (Wildman–Crippen MR) is 115 cm³/mol. The zero-order chi connectivity index (χ0) is 25.9. The molecule has 0 fully saturated rings. The van der Waals surface area contributed by atoms with Crippen LogP contribution >= 0.6 is 0 Å². The van der Waals surface area contributed by atoms with E-state index < -0.39 is 35.6 Å². The number of alkyl halides is 5. The number of hydrogen-bond donors (Lipinski definition) is 2. The zero-order valence-electron chi connectivity index (χ0n) is 18.8. The number of aromatic amines is 1. The van der Waals surface area contributed by atoms with Gasteiger partial charge in [-0.2, -0.15) is 32.1 Å². The first-order valence-electron chi connectivity index (χ1n) is 10.7. The van der Waals surface area contributed by atoms with E-state index in [1.54, 1.807) is 16.7 Å². The normalized spacial score (nSPS) is 14.6. The highest BCUT2D eigenvalue weighted by molar-refractivity contribution is 5.50. The van der Waals surface area contributed by atoms with Crippen LogP contribution in [0.1, 0.15) is 23.9 Å². The minimum absolute atomic E-state index is 0.0410. The van der Waals surface area contributed by atoms with Crippen LogP contribution in [0.2, 0.25) is 0 Å². The maximum Gasteiger partial charge on any atom is 0.423 e. The molecule has 0 saturated heterocycles. The Labute approximate surface area is 200 Å². The van der Waals surface area contributed by atoms with E-state index in [0.29, 0.717) is 31.3 Å². The predicted octanol–water partition coefficient (Wildman–Crippen LogP) is 2.41. The van der Waals surface area contributed by atoms with Crippen LogP contribution in [-0.4, -0.2) is 55.8 Å². The number of fused-ring (bicyclic) bond motifs is 1. The Morgan fingerprint density at radius 2 is 1.94 bits per heavy atom. The van der Waals surface area contributed by atoms with Crippen LogP contribution in [0.4, 0.5) is 33.6 Å². The van der Waals surface area contributed by atoms with Crippen molar-refractivity contribution in [3.63, 3.8) is 0 Å². The van der Waals surface area contributed by atoms with Crippen molar-refractivity contribution in [2.24, 2.45) is 0 Å². The average molecular weight is 516 g/mol. The molecule has 1 aliphatic rings. The molecular weight excluding hydrogens is 495 g/mol. The summed E-state index contributed by atoms with van der Waals surface area (Å²) in [5.74, 6) is 0.221. The third-order valence-electron chi connectivity index (χ3n) is 5.13. The molecule has 0 aliphatic carbocycles. The van der Waals surface area contributed by atoms with Crippen molar-refractivity contribution < 1.29 is 31.4 Å². The van der Waals surface area contributed by atoms with Gasteiger partial charge in [-0.1, -0.05) is 0 Å². The van der Waals surface area contributed by atoms with E-state index in [9.17, 15) is 26.7 Å². The van der Waals surface area contributed by atoms with Gasteiger partial charge in [-0.15, -0.1) is 0 Å². The molecule has 0 amide bonds. The lowest BCUT2D eigenvalue weighted by Gasteiger charge is -2.27. The summed E-state index contributed by atoms with van der Waals surface area (Å²) >= 11 is 0. The lowest BCUT2D eigenvalue weighted by molar-refractivity contribution is -0.138. The molecule has 36 heavy (non-hydrogen) atoms. The maximum absolute atomic E-state index is 13.2. The van der Waals surface area contributed by atoms with Crippen molar-refractivity contribution in [2.75, 3.05) is 23.4 Å². The molecule has 4 rings (SSSR count). The van der Waals surface area contributed by atoms with Crippen molar-refractivity contribution in [3.8, 4) is 5.75 Å². The van der Waals surface area contributed by atoms with Gasteiger partial charge in [-0.05, 0) is 13.0 Å². The molecule has 11 nitrogen and oxygen atoms in total. The van der Waals surface area contributed by atoms with Gasteiger partial charge in [-0.25, -0.2) is 15.1 Å². The average Bonchev–Trinajstić information content (AvgIpc) is 3.20. The molecule has 4 heterocycles. The fourth-order valence-corrected chi connectivity index (χ4v) is 3.64. The Balaban J connectivity index is 1.31. The highest BCUT2D eigenvalue weighted by Gasteiger charge is 2.37. The van der Waals surface area contributed by atoms with Gasteiger partial charge in [0.05, 0.1) is 62.0 Å². The summed E-state index contributed by atoms with van der Waals surface area (Å²) in [6.45, 7) is 0.296. The summed E-state index contributed by atoms with van der Waals surface area (Å²) < 4.78 is 75.7. The largest absolute Gasteiger partial charge is 0.432 e. The Bertz CT molecular complexity index is 1230. The number of H-pyrrole nitrogens is 1. The van der Waals surface area contributed by atoms with Gasteiger partial charge in [0.15, 0.2) is 5.75 Å². The van der Waals surface area contributed by atoms with E-state index in [0.717, 1.165) is 11.9 Å². The second kappa shape index (κ2) is 10.4. The van der Waals surface area contributed by atoms with Crippen molar-refractivity contribution in [2.45, 2.75) is 45.4 Å². The first kappa shape index (κ1) is 25.3. The van der Waals surface area contributed by atoms with E-state index in [-0.39, 0.29) is 19.0 Å². The van der Waals surface area contributed by atoms with Crippen LogP contribution in [0, 0.1) is 0 Å². The summed E-state index contributed by atoms with van der Waals surface area (Å²) in [6, 6.07) is 1.26. The Kier molecular flexibility index (Phi) is 7.32. The SMILES string of the molecule is C[C@@H](COCc1cc2n(n1)CCN(c1ncc(OC(F)F)cn1)C2)Nc1cn[nH]c(=O)c1C(F)(F)F. The Morgan fingerprint density at radius 3 is 2.64 bits per heavy atom. The molecule has 1 aliphatic heterocycles. The monoisotopic (exact) mass is 516 g/mol. The highest BCUT2D eigenvalue weighted by atomic mass is 19.4. The number of ether oxygens (including phenoxy) is 2. The second-order valence-electron chi connectivity index (χ2n) is 7.92. The van der Waals surface area contributed by atoms with Crippen LogP contribution in [0.25, 0.3) is 0 Å². The standard InChI is InChI=1S/C20H21F5N8O3/c1-11(29-15-7-28-30-17(34)16(15)20(23,24)25)9-35-10-12-4-13-8-32(2-3-33(13)31-12)19-26-5-14(6-27-19)36-18(21)22/h4-7,11,18H,2-3,8-10H2,1H3,(H2,29,30,34)/t11-/m0/s1. The van der Waals surface area contributed by atoms with Crippen molar-refractivity contribution in [1.29, 1.82) is 0 Å². The third kappa shape index (κ3) is 6.05. The minimum atomic E-state index is -4.84. The summed E-state index contributed by atoms with van der Waals surface area (Å²) in [5, 5.41) is 12.3. The smallest absolute Gasteiger partial charge is 0.423 e. The van der Waals surface area contributed by atoms with Gasteiger partial charge >= 0.3 is 12.8 Å². The molecule has 1 atom stereocenters. The number of rotatable bonds is 9. The molecule has 3 aromatic heterocycles. The van der Waals surface area contributed by atoms with E-state index in [1.165, 1.54) is 12.4 Å². The topological polar surface area (TPSA) is 123 Å². The molecule has 0 saturated carbocycles. The lowest BCUT2D eigenvalue weighted by Crippen LogP contribution is -2.34. The van der Waals surface area contributed by atoms with E-state index in [2.05, 4.69) is 30.2 Å². The number of aromatic nitrogens is 6. The fraction of sp³-hybridized carbons (Fsp3) is 0.450. The fourth-order valence-electron chi connectivity index (χ4n) is 3.64. The Hall–Kier alpha value is -3.82. The molecule has 194 valence electrons. The first-order chi connectivity index (χ1) is 17.1. The van der Waals surface area contributed by atoms with Crippen LogP contribution in [0.3, 0.4) is 0 Å². The van der Waals surface area contributed by atoms with Crippen LogP contribution in [0.15, 0.2) is 29.5 Å². The van der Waals surface area contributed by atoms with Crippen LogP contribution in [0.5, 0.6) is 5.75 Å². The van der Waals surface area contributed by atoms with Gasteiger partial charge in [0.2, 0.25) is 5.95 Å². The van der Waals surface area contributed by atoms with E-state index in [4.69, 9.17) is 4.74 Å². The Morgan fingerprint density at radius 1 is 1.19 bits per heavy atom. The second-order valence-corrected chi connectivity index (χ2v) is 7.92. The van der Waals surface area contributed by atoms with Crippen LogP contribution < -0.4 is 20.5 Å². The minimum Gasteiger partial charge on any atom is -0.432 e. The van der Waals surface area contributed by atoms with E-state index >= 15 is 0 Å². The molecule has 0 aromatic carbocycles. The zero-order valence-corrected chi connectivity index (χ0v) is 18.8. The highest BCUT2D eigenvalue weighted by Crippen LogP contribution is 2.31. The molecule has 0 radical (unpaired) electrons. The van der Waals surface area contributed by atoms with Gasteiger partial charge in [0, 0.05) is 12.6 Å². The molecule has 0 bridgehead atoms. The quantitative estimate of drug-likeness (QED) is 0.413. The number of anilines is 2. The van der Waals surface area contributed by atoms with Crippen molar-refractivity contribution >= 4 is 11.6 Å². The first-order valence-corrected chi connectivity index (χ1v) is 10.7. The summed E-state index contributed by atoms with van der Waals surface area (Å²) in [7, 11) is 0. The molecule has 3 aromatic rings. The maximum atomic E-state index is 13.2. The number of hydrogen-bond acceptors (Lipinski definition) is 9. The van der Waals surface area contributed by atoms with Gasteiger partial charge in [0.1, 0.15) is 5.56 Å². The molecule has 0 spiro atoms. The van der Waals surface area contributed by atoms with E-state index in [1.807, 2.05) is 11.0 Å². The summed E-state index contributed by atoms with van der Waals surface area (Å²) in [5.41, 5.74) is -1.64. The number of nitrogens with zero attached hydrogens (tertiary/aromatic N) is 6. The third-order valence-corrected chi connectivity index (χ3v) is 5.13. The molecule has 0 unspecified atom stereocenters. The van der Waals surface area contributed by atoms with Crippen molar-refractivity contribution in [1.82, 2.24) is 29.9 Å². The molecular formula is C20H21F5N8O3. The van der Waals surface area contributed by atoms with Crippen molar-refractivity contribution in [3.05, 3.63) is 52.0 Å². The lowest BCUT2D eigenvalue weighted by atomic mass is 10.2. The summed E-state index contributed by atoms with van der Waals surface area (Å²) in [6.07, 6.45) is -1.59. The van der Waals surface area contributed by atoms with Gasteiger partial charge in [-0.3, -0.25) is 9.48 Å².